The Morgan fingerprint density at radius 3 is 2.67 bits per heavy atom. The van der Waals surface area contributed by atoms with E-state index in [-0.39, 0.29) is 5.56 Å². The largest absolute Gasteiger partial charge is 0.493 e. The summed E-state index contributed by atoms with van der Waals surface area (Å²) in [6.45, 7) is 4.62. The molecular formula is C18H20ClNO4. The molecule has 0 aromatic heterocycles. The molecule has 0 atom stereocenters. The summed E-state index contributed by atoms with van der Waals surface area (Å²) in [5.41, 5.74) is 2.54. The molecule has 0 saturated carbocycles. The summed E-state index contributed by atoms with van der Waals surface area (Å²) in [5, 5.41) is 13.0. The summed E-state index contributed by atoms with van der Waals surface area (Å²) >= 11 is 6.30. The van der Waals surface area contributed by atoms with Crippen LogP contribution in [0.15, 0.2) is 30.3 Å². The summed E-state index contributed by atoms with van der Waals surface area (Å²) in [4.78, 5) is 11.2. The summed E-state index contributed by atoms with van der Waals surface area (Å²) < 4.78 is 10.8. The first-order valence-corrected chi connectivity index (χ1v) is 7.91. The zero-order valence-electron chi connectivity index (χ0n) is 13.9. The number of hydrogen-bond donors (Lipinski definition) is 2. The van der Waals surface area contributed by atoms with E-state index in [0.29, 0.717) is 35.2 Å². The number of anilines is 1. The van der Waals surface area contributed by atoms with Crippen molar-refractivity contribution in [2.24, 2.45) is 0 Å². The fourth-order valence-corrected chi connectivity index (χ4v) is 2.61. The van der Waals surface area contributed by atoms with Crippen molar-refractivity contribution in [1.82, 2.24) is 0 Å². The number of halogens is 1. The van der Waals surface area contributed by atoms with Crippen molar-refractivity contribution in [3.05, 3.63) is 52.0 Å². The van der Waals surface area contributed by atoms with Gasteiger partial charge >= 0.3 is 5.97 Å². The van der Waals surface area contributed by atoms with Gasteiger partial charge in [-0.3, -0.25) is 0 Å². The van der Waals surface area contributed by atoms with Gasteiger partial charge in [-0.05, 0) is 43.2 Å². The molecule has 0 fully saturated rings. The van der Waals surface area contributed by atoms with Crippen molar-refractivity contribution in [2.45, 2.75) is 20.4 Å². The molecule has 2 rings (SSSR count). The monoisotopic (exact) mass is 349 g/mol. The van der Waals surface area contributed by atoms with Gasteiger partial charge in [0.05, 0.1) is 19.3 Å². The van der Waals surface area contributed by atoms with Crippen LogP contribution in [-0.4, -0.2) is 24.8 Å². The average Bonchev–Trinajstić information content (AvgIpc) is 2.55. The molecule has 24 heavy (non-hydrogen) atoms. The van der Waals surface area contributed by atoms with Gasteiger partial charge in [0.15, 0.2) is 11.5 Å². The van der Waals surface area contributed by atoms with Crippen LogP contribution in [0.1, 0.15) is 28.4 Å². The second kappa shape index (κ2) is 7.93. The first kappa shape index (κ1) is 17.9. The van der Waals surface area contributed by atoms with Crippen LogP contribution < -0.4 is 14.8 Å². The molecule has 0 radical (unpaired) electrons. The molecule has 0 saturated heterocycles. The van der Waals surface area contributed by atoms with E-state index in [0.717, 1.165) is 11.3 Å². The highest BCUT2D eigenvalue weighted by atomic mass is 35.5. The molecule has 128 valence electrons. The third-order valence-electron chi connectivity index (χ3n) is 3.67. The lowest BCUT2D eigenvalue weighted by Crippen LogP contribution is -2.06. The van der Waals surface area contributed by atoms with E-state index >= 15 is 0 Å². The van der Waals surface area contributed by atoms with Crippen LogP contribution in [0.25, 0.3) is 0 Å². The van der Waals surface area contributed by atoms with E-state index in [4.69, 9.17) is 21.1 Å². The van der Waals surface area contributed by atoms with E-state index < -0.39 is 5.97 Å². The minimum Gasteiger partial charge on any atom is -0.493 e. The molecule has 5 nitrogen and oxygen atoms in total. The number of nitrogens with one attached hydrogen (secondary N) is 1. The number of carboxylic acid groups (broad SMARTS) is 1. The van der Waals surface area contributed by atoms with Gasteiger partial charge < -0.3 is 19.9 Å². The lowest BCUT2D eigenvalue weighted by molar-refractivity contribution is 0.0696. The third kappa shape index (κ3) is 3.92. The standard InChI is InChI=1S/C18H20ClNO4/c1-4-24-17-8-12(14(19)9-16(17)23-3)10-20-15-7-5-6-13(11(15)2)18(21)22/h5-9,20H,4,10H2,1-3H3,(H,21,22). The Morgan fingerprint density at radius 2 is 2.04 bits per heavy atom. The molecule has 2 aromatic carbocycles. The first-order chi connectivity index (χ1) is 11.5. The van der Waals surface area contributed by atoms with E-state index in [9.17, 15) is 9.90 Å². The maximum Gasteiger partial charge on any atom is 0.336 e. The number of rotatable bonds is 7. The van der Waals surface area contributed by atoms with Crippen LogP contribution in [0.5, 0.6) is 11.5 Å². The van der Waals surface area contributed by atoms with Gasteiger partial charge in [-0.1, -0.05) is 17.7 Å². The molecule has 0 aliphatic heterocycles. The molecule has 0 spiro atoms. The van der Waals surface area contributed by atoms with Gasteiger partial charge in [-0.15, -0.1) is 0 Å². The Bertz CT molecular complexity index is 746. The Hall–Kier alpha value is -2.40. The van der Waals surface area contributed by atoms with E-state index in [1.807, 2.05) is 19.1 Å². The number of benzene rings is 2. The SMILES string of the molecule is CCOc1cc(CNc2cccc(C(=O)O)c2C)c(Cl)cc1OC. The number of hydrogen-bond acceptors (Lipinski definition) is 4. The van der Waals surface area contributed by atoms with Crippen LogP contribution in [-0.2, 0) is 6.54 Å². The predicted octanol–water partition coefficient (Wildman–Crippen LogP) is 4.37. The molecule has 0 amide bonds. The minimum atomic E-state index is -0.947. The summed E-state index contributed by atoms with van der Waals surface area (Å²) in [7, 11) is 1.56. The second-order valence-electron chi connectivity index (χ2n) is 5.16. The zero-order valence-corrected chi connectivity index (χ0v) is 14.6. The van der Waals surface area contributed by atoms with E-state index in [2.05, 4.69) is 5.32 Å². The average molecular weight is 350 g/mol. The minimum absolute atomic E-state index is 0.274. The number of methoxy groups -OCH3 is 1. The van der Waals surface area contributed by atoms with Gasteiger partial charge in [-0.2, -0.15) is 0 Å². The smallest absolute Gasteiger partial charge is 0.336 e. The van der Waals surface area contributed by atoms with Crippen molar-refractivity contribution < 1.29 is 19.4 Å². The number of carboxylic acids is 1. The highest BCUT2D eigenvalue weighted by Crippen LogP contribution is 2.34. The molecule has 0 bridgehead atoms. The van der Waals surface area contributed by atoms with Crippen molar-refractivity contribution in [3.8, 4) is 11.5 Å². The van der Waals surface area contributed by atoms with Gasteiger partial charge in [0.1, 0.15) is 0 Å². The lowest BCUT2D eigenvalue weighted by atomic mass is 10.1. The molecular weight excluding hydrogens is 330 g/mol. The highest BCUT2D eigenvalue weighted by Gasteiger charge is 2.13. The summed E-state index contributed by atoms with van der Waals surface area (Å²) in [5.74, 6) is 0.254. The molecule has 2 aromatic rings. The van der Waals surface area contributed by atoms with Crippen LogP contribution in [0.3, 0.4) is 0 Å². The van der Waals surface area contributed by atoms with Crippen molar-refractivity contribution in [2.75, 3.05) is 19.0 Å². The number of ether oxygens (including phenoxy) is 2. The second-order valence-corrected chi connectivity index (χ2v) is 5.57. The van der Waals surface area contributed by atoms with Crippen LogP contribution >= 0.6 is 11.6 Å². The predicted molar refractivity (Wildman–Crippen MR) is 94.6 cm³/mol. The molecule has 2 N–H and O–H groups in total. The Morgan fingerprint density at radius 1 is 1.29 bits per heavy atom. The molecule has 0 heterocycles. The van der Waals surface area contributed by atoms with Crippen LogP contribution in [0.4, 0.5) is 5.69 Å². The van der Waals surface area contributed by atoms with Gasteiger partial charge in [0, 0.05) is 23.3 Å². The number of carbonyl (C=O) groups is 1. The van der Waals surface area contributed by atoms with E-state index in [1.165, 1.54) is 0 Å². The molecule has 0 unspecified atom stereocenters. The quantitative estimate of drug-likeness (QED) is 0.777. The third-order valence-corrected chi connectivity index (χ3v) is 4.02. The summed E-state index contributed by atoms with van der Waals surface area (Å²) in [6, 6.07) is 8.66. The maximum absolute atomic E-state index is 11.2. The van der Waals surface area contributed by atoms with Crippen molar-refractivity contribution in [3.63, 3.8) is 0 Å². The van der Waals surface area contributed by atoms with Gasteiger partial charge in [0.2, 0.25) is 0 Å². The summed E-state index contributed by atoms with van der Waals surface area (Å²) in [6.07, 6.45) is 0. The lowest BCUT2D eigenvalue weighted by Gasteiger charge is -2.15. The van der Waals surface area contributed by atoms with Crippen LogP contribution in [0, 0.1) is 6.92 Å². The Labute approximate surface area is 146 Å². The number of aromatic carboxylic acids is 1. The fraction of sp³-hybridized carbons (Fsp3) is 0.278. The zero-order chi connectivity index (χ0) is 17.7. The van der Waals surface area contributed by atoms with Gasteiger partial charge in [0.25, 0.3) is 0 Å². The van der Waals surface area contributed by atoms with Crippen molar-refractivity contribution >= 4 is 23.3 Å². The van der Waals surface area contributed by atoms with Crippen molar-refractivity contribution in [1.29, 1.82) is 0 Å². The fourth-order valence-electron chi connectivity index (χ4n) is 2.39. The van der Waals surface area contributed by atoms with Gasteiger partial charge in [-0.25, -0.2) is 4.79 Å². The molecule has 0 aliphatic carbocycles. The maximum atomic E-state index is 11.2. The molecule has 6 heteroatoms. The van der Waals surface area contributed by atoms with E-state index in [1.54, 1.807) is 32.2 Å². The first-order valence-electron chi connectivity index (χ1n) is 7.53. The molecule has 0 aliphatic rings. The Balaban J connectivity index is 2.25. The Kier molecular flexibility index (Phi) is 5.93. The normalized spacial score (nSPS) is 10.3. The van der Waals surface area contributed by atoms with Crippen LogP contribution in [0.2, 0.25) is 5.02 Å². The topological polar surface area (TPSA) is 67.8 Å². The highest BCUT2D eigenvalue weighted by molar-refractivity contribution is 6.31.